The minimum absolute atomic E-state index is 0.430. The van der Waals surface area contributed by atoms with E-state index < -0.39 is 24.3 Å². The molecule has 6 rings (SSSR count). The van der Waals surface area contributed by atoms with Gasteiger partial charge in [0.1, 0.15) is 12.2 Å². The normalized spacial score (nSPS) is 55.2. The second-order valence-electron chi connectivity index (χ2n) is 17.3. The van der Waals surface area contributed by atoms with Gasteiger partial charge in [-0.15, -0.1) is 0 Å². The molecule has 13 atom stereocenters. The van der Waals surface area contributed by atoms with E-state index in [2.05, 4.69) is 48.5 Å². The quantitative estimate of drug-likeness (QED) is 0.360. The predicted molar refractivity (Wildman–Crippen MR) is 155 cm³/mol. The van der Waals surface area contributed by atoms with Crippen LogP contribution in [0.1, 0.15) is 132 Å². The van der Waals surface area contributed by atoms with Gasteiger partial charge in [0.15, 0.2) is 6.10 Å². The van der Waals surface area contributed by atoms with Crippen LogP contribution in [0.3, 0.4) is 0 Å². The lowest BCUT2D eigenvalue weighted by Crippen LogP contribution is -2.65. The Hall–Kier alpha value is -0.610. The third-order valence-electron chi connectivity index (χ3n) is 15.6. The lowest BCUT2D eigenvalue weighted by atomic mass is 9.32. The number of cyclic esters (lactones) is 1. The van der Waals surface area contributed by atoms with Gasteiger partial charge in [-0.3, -0.25) is 0 Å². The number of aliphatic hydroxyl groups is 2. The highest BCUT2D eigenvalue weighted by molar-refractivity contribution is 5.77. The molecule has 5 aliphatic carbocycles. The molecule has 39 heavy (non-hydrogen) atoms. The molecule has 0 amide bonds. The Balaban J connectivity index is 1.20. The van der Waals surface area contributed by atoms with Crippen molar-refractivity contribution < 1.29 is 19.7 Å². The minimum atomic E-state index is -1.37. The fourth-order valence-corrected chi connectivity index (χ4v) is 13.5. The number of ether oxygens (including phenoxy) is 1. The fraction of sp³-hybridized carbons (Fsp3) is 0.971. The molecule has 0 radical (unpaired) electrons. The van der Waals surface area contributed by atoms with Crippen molar-refractivity contribution in [1.29, 1.82) is 0 Å². The molecule has 0 aromatic heterocycles. The number of fused-ring (bicyclic) bond motifs is 7. The number of rotatable bonds is 4. The van der Waals surface area contributed by atoms with Gasteiger partial charge in [-0.25, -0.2) is 4.79 Å². The largest absolute Gasteiger partial charge is 0.457 e. The second-order valence-corrected chi connectivity index (χ2v) is 17.3. The molecule has 6 fully saturated rings. The number of carbonyl (C=O) groups is 1. The van der Waals surface area contributed by atoms with Crippen molar-refractivity contribution in [3.8, 4) is 0 Å². The van der Waals surface area contributed by atoms with Crippen LogP contribution in [-0.4, -0.2) is 34.5 Å². The number of hydrogen-bond donors (Lipinski definition) is 2. The van der Waals surface area contributed by atoms with Crippen molar-refractivity contribution in [3.05, 3.63) is 0 Å². The first kappa shape index (κ1) is 28.5. The topological polar surface area (TPSA) is 66.8 Å². The fourth-order valence-electron chi connectivity index (χ4n) is 13.5. The maximum Gasteiger partial charge on any atom is 0.338 e. The highest BCUT2D eigenvalue weighted by Gasteiger charge is 2.70. The van der Waals surface area contributed by atoms with Gasteiger partial charge >= 0.3 is 5.97 Å². The standard InChI is InChI=1S/C35H58O4/c1-21(9-10-24-28(36)29(37)30(38)39-24)22-13-18-32(4)23(22)14-19-34(6)26(32)11-12-27-33(5)17-8-16-31(2,3)25(33)15-20-35(27,34)7/h21-29,36-37H,8-20H2,1-7H3. The van der Waals surface area contributed by atoms with Crippen molar-refractivity contribution >= 4 is 5.97 Å². The number of carbonyl (C=O) groups excluding carboxylic acids is 1. The Morgan fingerprint density at radius 2 is 1.44 bits per heavy atom. The molecule has 2 N–H and O–H groups in total. The Morgan fingerprint density at radius 1 is 0.795 bits per heavy atom. The van der Waals surface area contributed by atoms with Gasteiger partial charge in [-0.2, -0.15) is 0 Å². The molecule has 1 heterocycles. The average Bonchev–Trinajstić information content (AvgIpc) is 3.33. The van der Waals surface area contributed by atoms with Gasteiger partial charge in [0, 0.05) is 0 Å². The molecule has 4 heteroatoms. The van der Waals surface area contributed by atoms with Crippen LogP contribution in [0.25, 0.3) is 0 Å². The minimum Gasteiger partial charge on any atom is -0.457 e. The molecule has 0 spiro atoms. The third kappa shape index (κ3) is 3.84. The van der Waals surface area contributed by atoms with Gasteiger partial charge in [0.2, 0.25) is 0 Å². The van der Waals surface area contributed by atoms with Gasteiger partial charge in [0.25, 0.3) is 0 Å². The Kier molecular flexibility index (Phi) is 6.72. The van der Waals surface area contributed by atoms with Crippen LogP contribution in [0.5, 0.6) is 0 Å². The summed E-state index contributed by atoms with van der Waals surface area (Å²) >= 11 is 0. The molecule has 1 aliphatic heterocycles. The highest BCUT2D eigenvalue weighted by atomic mass is 16.6. The third-order valence-corrected chi connectivity index (χ3v) is 15.6. The van der Waals surface area contributed by atoms with Gasteiger partial charge in [-0.1, -0.05) is 54.9 Å². The Labute approximate surface area is 238 Å². The molecule has 0 bridgehead atoms. The summed E-state index contributed by atoms with van der Waals surface area (Å²) in [5.74, 6) is 3.98. The summed E-state index contributed by atoms with van der Waals surface area (Å²) in [5.41, 5.74) is 2.33. The molecule has 0 aromatic rings. The predicted octanol–water partition coefficient (Wildman–Crippen LogP) is 7.54. The zero-order chi connectivity index (χ0) is 28.2. The van der Waals surface area contributed by atoms with Crippen LogP contribution < -0.4 is 0 Å². The van der Waals surface area contributed by atoms with E-state index in [9.17, 15) is 15.0 Å². The van der Waals surface area contributed by atoms with Crippen LogP contribution in [0, 0.1) is 62.6 Å². The molecule has 13 unspecified atom stereocenters. The van der Waals surface area contributed by atoms with Crippen LogP contribution in [-0.2, 0) is 9.53 Å². The molecule has 6 aliphatic rings. The average molecular weight is 543 g/mol. The van der Waals surface area contributed by atoms with Crippen molar-refractivity contribution in [2.75, 3.05) is 0 Å². The number of aliphatic hydroxyl groups excluding tert-OH is 2. The maximum absolute atomic E-state index is 11.7. The monoisotopic (exact) mass is 542 g/mol. The number of hydrogen-bond acceptors (Lipinski definition) is 4. The Morgan fingerprint density at radius 3 is 2.08 bits per heavy atom. The van der Waals surface area contributed by atoms with E-state index in [4.69, 9.17) is 4.74 Å². The van der Waals surface area contributed by atoms with Crippen molar-refractivity contribution in [1.82, 2.24) is 0 Å². The molecule has 0 aromatic carbocycles. The van der Waals surface area contributed by atoms with Crippen LogP contribution in [0.4, 0.5) is 0 Å². The smallest absolute Gasteiger partial charge is 0.338 e. The van der Waals surface area contributed by atoms with Crippen molar-refractivity contribution in [2.24, 2.45) is 62.6 Å². The molecule has 5 saturated carbocycles. The summed E-state index contributed by atoms with van der Waals surface area (Å²) in [5, 5.41) is 20.1. The van der Waals surface area contributed by atoms with Gasteiger partial charge in [-0.05, 0) is 140 Å². The second kappa shape index (κ2) is 9.19. The SMILES string of the molecule is CC(CCC1OC(=O)C(O)C1O)C1CCC2(C)C1CCC1(C)C2CCC2C3(C)CCCC(C)(C)C3CCC21C. The Bertz CT molecular complexity index is 976. The zero-order valence-corrected chi connectivity index (χ0v) is 26.1. The van der Waals surface area contributed by atoms with E-state index in [1.54, 1.807) is 0 Å². The first-order valence-electron chi connectivity index (χ1n) is 16.8. The lowest BCUT2D eigenvalue weighted by Gasteiger charge is -2.73. The van der Waals surface area contributed by atoms with Crippen LogP contribution in [0.15, 0.2) is 0 Å². The molecular weight excluding hydrogens is 484 g/mol. The first-order valence-corrected chi connectivity index (χ1v) is 16.8. The molecule has 4 nitrogen and oxygen atoms in total. The summed E-state index contributed by atoms with van der Waals surface area (Å²) in [4.78, 5) is 11.7. The summed E-state index contributed by atoms with van der Waals surface area (Å²) in [7, 11) is 0. The van der Waals surface area contributed by atoms with Crippen LogP contribution in [0.2, 0.25) is 0 Å². The zero-order valence-electron chi connectivity index (χ0n) is 26.1. The van der Waals surface area contributed by atoms with E-state index in [1.165, 1.54) is 70.6 Å². The molecule has 222 valence electrons. The molecular formula is C35H58O4. The van der Waals surface area contributed by atoms with Gasteiger partial charge in [0.05, 0.1) is 0 Å². The summed E-state index contributed by atoms with van der Waals surface area (Å²) in [6.07, 6.45) is 14.1. The maximum atomic E-state index is 11.7. The number of esters is 1. The highest BCUT2D eigenvalue weighted by Crippen LogP contribution is 2.78. The van der Waals surface area contributed by atoms with Crippen LogP contribution >= 0.6 is 0 Å². The van der Waals surface area contributed by atoms with E-state index >= 15 is 0 Å². The van der Waals surface area contributed by atoms with E-state index in [1.807, 2.05) is 0 Å². The summed E-state index contributed by atoms with van der Waals surface area (Å²) in [6, 6.07) is 0. The van der Waals surface area contributed by atoms with E-state index in [-0.39, 0.29) is 0 Å². The summed E-state index contributed by atoms with van der Waals surface area (Å²) < 4.78 is 5.29. The van der Waals surface area contributed by atoms with Crippen molar-refractivity contribution in [3.63, 3.8) is 0 Å². The van der Waals surface area contributed by atoms with Gasteiger partial charge < -0.3 is 14.9 Å². The van der Waals surface area contributed by atoms with E-state index in [0.717, 1.165) is 36.0 Å². The summed E-state index contributed by atoms with van der Waals surface area (Å²) in [6.45, 7) is 18.5. The van der Waals surface area contributed by atoms with Crippen molar-refractivity contribution in [2.45, 2.75) is 150 Å². The first-order chi connectivity index (χ1) is 18.2. The lowest BCUT2D eigenvalue weighted by molar-refractivity contribution is -0.241. The van der Waals surface area contributed by atoms with E-state index in [0.29, 0.717) is 39.4 Å². The molecule has 1 saturated heterocycles.